The lowest BCUT2D eigenvalue weighted by molar-refractivity contribution is 0.290. The smallest absolute Gasteiger partial charge is 0.181 e. The van der Waals surface area contributed by atoms with Crippen molar-refractivity contribution in [2.24, 2.45) is 5.41 Å². The molecule has 146 valence electrons. The molecule has 3 rings (SSSR count). The molecule has 0 saturated carbocycles. The molecular weight excluding hydrogens is 426 g/mol. The second kappa shape index (κ2) is 7.84. The summed E-state index contributed by atoms with van der Waals surface area (Å²) in [6.07, 6.45) is 3.68. The Morgan fingerprint density at radius 2 is 1.89 bits per heavy atom. The maximum Gasteiger partial charge on any atom is 0.181 e. The van der Waals surface area contributed by atoms with E-state index >= 15 is 0 Å². The van der Waals surface area contributed by atoms with Crippen molar-refractivity contribution >= 4 is 37.1 Å². The standard InChI is InChI=1S/C21H26BrNO3S/c1-3-5-11-21(4-2)14-23(16-9-7-6-8-10-16)18-12-17(22)19(24)13-20(18)27(25,26)15-21/h6-10,12-13,24H,3-5,11,14-15H2,1-2H3/t21-/m0/s1. The van der Waals surface area contributed by atoms with E-state index in [1.54, 1.807) is 6.07 Å². The molecule has 6 heteroatoms. The Kier molecular flexibility index (Phi) is 5.87. The molecule has 0 amide bonds. The van der Waals surface area contributed by atoms with Crippen molar-refractivity contribution in [1.29, 1.82) is 0 Å². The highest BCUT2D eigenvalue weighted by atomic mass is 79.9. The number of halogens is 1. The molecule has 2 aromatic rings. The molecular formula is C21H26BrNO3S. The van der Waals surface area contributed by atoms with E-state index in [0.717, 1.165) is 31.4 Å². The van der Waals surface area contributed by atoms with Gasteiger partial charge in [-0.3, -0.25) is 0 Å². The Bertz CT molecular complexity index is 915. The predicted octanol–water partition coefficient (Wildman–Crippen LogP) is 5.67. The Morgan fingerprint density at radius 1 is 1.19 bits per heavy atom. The molecule has 1 aliphatic heterocycles. The molecule has 0 radical (unpaired) electrons. The van der Waals surface area contributed by atoms with Gasteiger partial charge in [-0.15, -0.1) is 0 Å². The second-order valence-electron chi connectivity index (χ2n) is 7.41. The predicted molar refractivity (Wildman–Crippen MR) is 114 cm³/mol. The van der Waals surface area contributed by atoms with Crippen LogP contribution in [0.3, 0.4) is 0 Å². The molecule has 27 heavy (non-hydrogen) atoms. The molecule has 1 heterocycles. The largest absolute Gasteiger partial charge is 0.507 e. The highest BCUT2D eigenvalue weighted by molar-refractivity contribution is 9.10. The van der Waals surface area contributed by atoms with Crippen LogP contribution in [0, 0.1) is 5.41 Å². The zero-order valence-corrected chi connectivity index (χ0v) is 18.2. The van der Waals surface area contributed by atoms with Crippen molar-refractivity contribution in [2.45, 2.75) is 44.4 Å². The molecule has 0 aromatic heterocycles. The van der Waals surface area contributed by atoms with Gasteiger partial charge < -0.3 is 10.0 Å². The fraction of sp³-hybridized carbons (Fsp3) is 0.429. The van der Waals surface area contributed by atoms with E-state index in [9.17, 15) is 13.5 Å². The number of hydrogen-bond donors (Lipinski definition) is 1. The number of nitrogens with zero attached hydrogens (tertiary/aromatic N) is 1. The zero-order valence-electron chi connectivity index (χ0n) is 15.8. The topological polar surface area (TPSA) is 57.6 Å². The molecule has 0 fully saturated rings. The molecule has 1 atom stereocenters. The molecule has 2 aromatic carbocycles. The maximum atomic E-state index is 13.3. The van der Waals surface area contributed by atoms with Crippen LogP contribution in [-0.2, 0) is 9.84 Å². The normalized spacial score (nSPS) is 21.5. The van der Waals surface area contributed by atoms with Gasteiger partial charge in [0.15, 0.2) is 9.84 Å². The number of unbranched alkanes of at least 4 members (excludes halogenated alkanes) is 1. The van der Waals surface area contributed by atoms with Crippen molar-refractivity contribution in [3.05, 3.63) is 46.9 Å². The van der Waals surface area contributed by atoms with Gasteiger partial charge in [0, 0.05) is 23.7 Å². The highest BCUT2D eigenvalue weighted by Crippen LogP contribution is 2.46. The van der Waals surface area contributed by atoms with Gasteiger partial charge >= 0.3 is 0 Å². The fourth-order valence-electron chi connectivity index (χ4n) is 3.87. The number of rotatable bonds is 5. The van der Waals surface area contributed by atoms with Crippen molar-refractivity contribution < 1.29 is 13.5 Å². The SMILES string of the molecule is CCCC[C@@]1(CC)CN(c2ccccc2)c2cc(Br)c(O)cc2S(=O)(=O)C1. The third-order valence-corrected chi connectivity index (χ3v) is 8.15. The van der Waals surface area contributed by atoms with Gasteiger partial charge in [-0.05, 0) is 47.0 Å². The van der Waals surface area contributed by atoms with Gasteiger partial charge in [0.05, 0.1) is 20.8 Å². The van der Waals surface area contributed by atoms with E-state index in [4.69, 9.17) is 0 Å². The van der Waals surface area contributed by atoms with E-state index in [-0.39, 0.29) is 21.8 Å². The lowest BCUT2D eigenvalue weighted by Gasteiger charge is -2.36. The van der Waals surface area contributed by atoms with Gasteiger partial charge in [-0.2, -0.15) is 0 Å². The van der Waals surface area contributed by atoms with Crippen LogP contribution in [0.4, 0.5) is 11.4 Å². The molecule has 0 spiro atoms. The van der Waals surface area contributed by atoms with Crippen LogP contribution >= 0.6 is 15.9 Å². The molecule has 0 unspecified atom stereocenters. The third kappa shape index (κ3) is 4.02. The monoisotopic (exact) mass is 451 g/mol. The summed E-state index contributed by atoms with van der Waals surface area (Å²) in [5, 5.41) is 10.2. The quantitative estimate of drug-likeness (QED) is 0.636. The van der Waals surface area contributed by atoms with Crippen molar-refractivity contribution in [3.63, 3.8) is 0 Å². The van der Waals surface area contributed by atoms with Crippen LogP contribution in [0.1, 0.15) is 39.5 Å². The van der Waals surface area contributed by atoms with E-state index in [0.29, 0.717) is 16.7 Å². The molecule has 0 aliphatic carbocycles. The number of hydrogen-bond acceptors (Lipinski definition) is 4. The first-order valence-corrected chi connectivity index (χ1v) is 11.8. The summed E-state index contributed by atoms with van der Waals surface area (Å²) in [4.78, 5) is 2.31. The van der Waals surface area contributed by atoms with Gasteiger partial charge in [-0.1, -0.05) is 44.9 Å². The van der Waals surface area contributed by atoms with Crippen LogP contribution in [0.5, 0.6) is 5.75 Å². The van der Waals surface area contributed by atoms with Gasteiger partial charge in [0.2, 0.25) is 0 Å². The van der Waals surface area contributed by atoms with E-state index < -0.39 is 9.84 Å². The zero-order chi connectivity index (χ0) is 19.7. The van der Waals surface area contributed by atoms with Gasteiger partial charge in [0.25, 0.3) is 0 Å². The van der Waals surface area contributed by atoms with Crippen LogP contribution in [0.15, 0.2) is 51.8 Å². The Hall–Kier alpha value is -1.53. The number of aromatic hydroxyl groups is 1. The van der Waals surface area contributed by atoms with Gasteiger partial charge in [-0.25, -0.2) is 8.42 Å². The molecule has 1 N–H and O–H groups in total. The summed E-state index contributed by atoms with van der Waals surface area (Å²) in [6, 6.07) is 13.0. The minimum Gasteiger partial charge on any atom is -0.507 e. The van der Waals surface area contributed by atoms with Gasteiger partial charge in [0.1, 0.15) is 5.75 Å². The molecule has 4 nitrogen and oxygen atoms in total. The number of anilines is 2. The maximum absolute atomic E-state index is 13.3. The van der Waals surface area contributed by atoms with E-state index in [2.05, 4.69) is 34.7 Å². The Labute approximate surface area is 170 Å². The van der Waals surface area contributed by atoms with Crippen LogP contribution in [-0.4, -0.2) is 25.8 Å². The number of para-hydroxylation sites is 1. The number of benzene rings is 2. The molecule has 0 bridgehead atoms. The van der Waals surface area contributed by atoms with Crippen LogP contribution in [0.2, 0.25) is 0 Å². The van der Waals surface area contributed by atoms with E-state index in [1.807, 2.05) is 30.3 Å². The fourth-order valence-corrected chi connectivity index (χ4v) is 6.38. The number of sulfone groups is 1. The first kappa shape index (κ1) is 20.2. The van der Waals surface area contributed by atoms with Crippen LogP contribution < -0.4 is 4.90 Å². The molecule has 0 saturated heterocycles. The summed E-state index contributed by atoms with van der Waals surface area (Å²) in [6.45, 7) is 4.85. The minimum atomic E-state index is -3.53. The average Bonchev–Trinajstić information content (AvgIpc) is 2.75. The second-order valence-corrected chi connectivity index (χ2v) is 10.2. The summed E-state index contributed by atoms with van der Waals surface area (Å²) < 4.78 is 27.1. The molecule has 1 aliphatic rings. The number of phenolic OH excluding ortho intramolecular Hbond substituents is 1. The van der Waals surface area contributed by atoms with Crippen molar-refractivity contribution in [2.75, 3.05) is 17.2 Å². The highest BCUT2D eigenvalue weighted by Gasteiger charge is 2.41. The summed E-state index contributed by atoms with van der Waals surface area (Å²) in [7, 11) is -3.53. The minimum absolute atomic E-state index is 0.0529. The summed E-state index contributed by atoms with van der Waals surface area (Å²) >= 11 is 3.35. The van der Waals surface area contributed by atoms with Crippen molar-refractivity contribution in [1.82, 2.24) is 0 Å². The average molecular weight is 452 g/mol. The first-order chi connectivity index (χ1) is 12.8. The number of phenols is 1. The lowest BCUT2D eigenvalue weighted by Crippen LogP contribution is -2.37. The number of fused-ring (bicyclic) bond motifs is 1. The Balaban J connectivity index is 2.24. The lowest BCUT2D eigenvalue weighted by atomic mass is 9.81. The van der Waals surface area contributed by atoms with E-state index in [1.165, 1.54) is 6.07 Å². The summed E-state index contributed by atoms with van der Waals surface area (Å²) in [5.74, 6) is 0.0522. The Morgan fingerprint density at radius 3 is 2.52 bits per heavy atom. The van der Waals surface area contributed by atoms with Crippen LogP contribution in [0.25, 0.3) is 0 Å². The van der Waals surface area contributed by atoms with Crippen molar-refractivity contribution in [3.8, 4) is 5.75 Å². The first-order valence-electron chi connectivity index (χ1n) is 9.40. The summed E-state index contributed by atoms with van der Waals surface area (Å²) in [5.41, 5.74) is 1.26. The third-order valence-electron chi connectivity index (χ3n) is 5.52.